The van der Waals surface area contributed by atoms with Gasteiger partial charge in [-0.1, -0.05) is 17.4 Å². The summed E-state index contributed by atoms with van der Waals surface area (Å²) in [6, 6.07) is 7.89. The lowest BCUT2D eigenvalue weighted by Gasteiger charge is -2.16. The highest BCUT2D eigenvalue weighted by molar-refractivity contribution is 7.17. The highest BCUT2D eigenvalue weighted by atomic mass is 32.1. The van der Waals surface area contributed by atoms with E-state index in [0.717, 1.165) is 17.4 Å². The van der Waals surface area contributed by atoms with Crippen LogP contribution in [-0.4, -0.2) is 43.0 Å². The summed E-state index contributed by atoms with van der Waals surface area (Å²) in [5, 5.41) is 12.3. The average Bonchev–Trinajstić information content (AvgIpc) is 3.24. The number of benzene rings is 2. The van der Waals surface area contributed by atoms with Gasteiger partial charge in [-0.2, -0.15) is 0 Å². The van der Waals surface area contributed by atoms with Crippen molar-refractivity contribution in [1.82, 2.24) is 10.2 Å². The van der Waals surface area contributed by atoms with Gasteiger partial charge in [0.05, 0.1) is 26.5 Å². The minimum Gasteiger partial charge on any atom is -0.493 e. The molecule has 0 saturated carbocycles. The van der Waals surface area contributed by atoms with E-state index in [1.54, 1.807) is 25.1 Å². The van der Waals surface area contributed by atoms with Gasteiger partial charge in [-0.15, -0.1) is 10.2 Å². The number of methoxy groups -OCH3 is 2. The first-order valence-corrected chi connectivity index (χ1v) is 10.0. The first-order chi connectivity index (χ1) is 15.4. The fourth-order valence-corrected chi connectivity index (χ4v) is 3.18. The number of carbonyl (C=O) groups excluding carboxylic acids is 2. The Kier molecular flexibility index (Phi) is 7.39. The number of nitrogens with zero attached hydrogens (tertiary/aromatic N) is 2. The quantitative estimate of drug-likeness (QED) is 0.475. The number of amides is 2. The first-order valence-electron chi connectivity index (χ1n) is 9.22. The summed E-state index contributed by atoms with van der Waals surface area (Å²) < 4.78 is 35.1. The predicted octanol–water partition coefficient (Wildman–Crippen LogP) is 4.31. The van der Waals surface area contributed by atoms with Gasteiger partial charge >= 0.3 is 12.0 Å². The van der Waals surface area contributed by atoms with Gasteiger partial charge < -0.3 is 24.3 Å². The monoisotopic (exact) mass is 462 g/mol. The zero-order valence-electron chi connectivity index (χ0n) is 17.3. The lowest BCUT2D eigenvalue weighted by atomic mass is 10.2. The molecule has 2 aromatic carbocycles. The molecule has 0 atom stereocenters. The van der Waals surface area contributed by atoms with Crippen molar-refractivity contribution >= 4 is 34.2 Å². The van der Waals surface area contributed by atoms with E-state index in [9.17, 15) is 14.0 Å². The highest BCUT2D eigenvalue weighted by Gasteiger charge is 2.18. The molecule has 0 bridgehead atoms. The van der Waals surface area contributed by atoms with Crippen molar-refractivity contribution in [2.75, 3.05) is 31.5 Å². The van der Waals surface area contributed by atoms with Gasteiger partial charge in [0.25, 0.3) is 0 Å². The number of esters is 1. The van der Waals surface area contributed by atoms with E-state index < -0.39 is 17.8 Å². The van der Waals surface area contributed by atoms with Gasteiger partial charge in [-0.25, -0.2) is 14.0 Å². The summed E-state index contributed by atoms with van der Waals surface area (Å²) in [6.45, 7) is 1.84. The van der Waals surface area contributed by atoms with Crippen LogP contribution in [-0.2, 0) is 4.74 Å². The fourth-order valence-electron chi connectivity index (χ4n) is 2.55. The number of anilines is 2. The molecule has 0 aliphatic heterocycles. The lowest BCUT2D eigenvalue weighted by Crippen LogP contribution is -2.19. The van der Waals surface area contributed by atoms with Crippen LogP contribution in [0.5, 0.6) is 23.0 Å². The Balaban J connectivity index is 1.77. The van der Waals surface area contributed by atoms with E-state index in [1.165, 1.54) is 26.4 Å². The average molecular weight is 462 g/mol. The number of ether oxygens (including phenoxy) is 4. The smallest absolute Gasteiger partial charge is 0.369 e. The number of rotatable bonds is 8. The second kappa shape index (κ2) is 10.4. The molecule has 3 aromatic rings. The summed E-state index contributed by atoms with van der Waals surface area (Å²) in [4.78, 5) is 24.1. The molecule has 0 unspecified atom stereocenters. The molecule has 0 radical (unpaired) electrons. The Bertz CT molecular complexity index is 1120. The van der Waals surface area contributed by atoms with Crippen molar-refractivity contribution < 1.29 is 32.9 Å². The Morgan fingerprint density at radius 2 is 1.81 bits per heavy atom. The van der Waals surface area contributed by atoms with Crippen LogP contribution in [0.4, 0.5) is 20.0 Å². The third-order valence-corrected chi connectivity index (χ3v) is 4.69. The minimum absolute atomic E-state index is 0.0120. The lowest BCUT2D eigenvalue weighted by molar-refractivity contribution is 0.0525. The zero-order valence-corrected chi connectivity index (χ0v) is 18.1. The van der Waals surface area contributed by atoms with Crippen molar-refractivity contribution in [2.45, 2.75) is 6.92 Å². The van der Waals surface area contributed by atoms with Crippen LogP contribution in [0.1, 0.15) is 16.7 Å². The molecule has 0 aliphatic rings. The summed E-state index contributed by atoms with van der Waals surface area (Å²) in [6.07, 6.45) is 0. The largest absolute Gasteiger partial charge is 0.493 e. The third-order valence-electron chi connectivity index (χ3n) is 3.87. The van der Waals surface area contributed by atoms with Gasteiger partial charge in [0.2, 0.25) is 15.9 Å². The SMILES string of the molecule is CCOC(=O)c1nnc(NC(=O)Nc2cc(F)ccc2Oc2cccc(OC)c2OC)s1. The van der Waals surface area contributed by atoms with E-state index >= 15 is 0 Å². The van der Waals surface area contributed by atoms with Crippen molar-refractivity contribution in [3.8, 4) is 23.0 Å². The Labute approximate surface area is 186 Å². The maximum atomic E-state index is 13.8. The number of aromatic nitrogens is 2. The van der Waals surface area contributed by atoms with Crippen molar-refractivity contribution in [1.29, 1.82) is 0 Å². The summed E-state index contributed by atoms with van der Waals surface area (Å²) in [7, 11) is 2.94. The van der Waals surface area contributed by atoms with Gasteiger partial charge in [0.1, 0.15) is 5.82 Å². The maximum absolute atomic E-state index is 13.8. The van der Waals surface area contributed by atoms with Crippen molar-refractivity contribution in [3.05, 3.63) is 47.2 Å². The van der Waals surface area contributed by atoms with E-state index in [2.05, 4.69) is 20.8 Å². The standard InChI is InChI=1S/C20H19FN4O6S/c1-4-30-18(26)17-24-25-20(32-17)23-19(27)22-12-10-11(21)8-9-13(12)31-15-7-5-6-14(28-2)16(15)29-3/h5-10H,4H2,1-3H3,(H2,22,23,25,27). The van der Waals surface area contributed by atoms with Crippen LogP contribution >= 0.6 is 11.3 Å². The summed E-state index contributed by atoms with van der Waals surface area (Å²) in [5.41, 5.74) is 0.0440. The number of para-hydroxylation sites is 1. The fraction of sp³-hybridized carbons (Fsp3) is 0.200. The van der Waals surface area contributed by atoms with E-state index in [-0.39, 0.29) is 28.2 Å². The van der Waals surface area contributed by atoms with Gasteiger partial charge in [0.15, 0.2) is 17.2 Å². The molecule has 12 heteroatoms. The molecular weight excluding hydrogens is 443 g/mol. The molecule has 0 aliphatic carbocycles. The van der Waals surface area contributed by atoms with Crippen LogP contribution in [0.15, 0.2) is 36.4 Å². The Morgan fingerprint density at radius 3 is 2.53 bits per heavy atom. The Hall–Kier alpha value is -3.93. The van der Waals surface area contributed by atoms with Gasteiger partial charge in [-0.05, 0) is 31.2 Å². The Morgan fingerprint density at radius 1 is 1.03 bits per heavy atom. The van der Waals surface area contributed by atoms with Gasteiger partial charge in [0, 0.05) is 6.07 Å². The second-order valence-electron chi connectivity index (χ2n) is 5.95. The molecular formula is C20H19FN4O6S. The first kappa shape index (κ1) is 22.7. The molecule has 168 valence electrons. The second-order valence-corrected chi connectivity index (χ2v) is 6.92. The van der Waals surface area contributed by atoms with E-state index in [1.807, 2.05) is 0 Å². The van der Waals surface area contributed by atoms with Crippen LogP contribution in [0.3, 0.4) is 0 Å². The number of hydrogen-bond donors (Lipinski definition) is 2. The van der Waals surface area contributed by atoms with Crippen molar-refractivity contribution in [2.24, 2.45) is 0 Å². The number of hydrogen-bond acceptors (Lipinski definition) is 9. The molecule has 2 amide bonds. The number of urea groups is 1. The van der Waals surface area contributed by atoms with Crippen LogP contribution in [0, 0.1) is 5.82 Å². The molecule has 1 heterocycles. The number of halogens is 1. The van der Waals surface area contributed by atoms with E-state index in [0.29, 0.717) is 17.2 Å². The highest BCUT2D eigenvalue weighted by Crippen LogP contribution is 2.41. The molecule has 0 spiro atoms. The third kappa shape index (κ3) is 5.40. The van der Waals surface area contributed by atoms with Crippen molar-refractivity contribution in [3.63, 3.8) is 0 Å². The molecule has 2 N–H and O–H groups in total. The van der Waals surface area contributed by atoms with Crippen LogP contribution < -0.4 is 24.8 Å². The maximum Gasteiger partial charge on any atom is 0.369 e. The molecule has 1 aromatic heterocycles. The molecule has 10 nitrogen and oxygen atoms in total. The molecule has 3 rings (SSSR count). The van der Waals surface area contributed by atoms with Gasteiger partial charge in [-0.3, -0.25) is 5.32 Å². The predicted molar refractivity (Wildman–Crippen MR) is 115 cm³/mol. The summed E-state index contributed by atoms with van der Waals surface area (Å²) >= 11 is 0.834. The van der Waals surface area contributed by atoms with E-state index in [4.69, 9.17) is 18.9 Å². The number of carbonyl (C=O) groups is 2. The zero-order chi connectivity index (χ0) is 23.1. The normalized spacial score (nSPS) is 10.2. The topological polar surface area (TPSA) is 121 Å². The minimum atomic E-state index is -0.746. The van der Waals surface area contributed by atoms with Crippen LogP contribution in [0.2, 0.25) is 0 Å². The molecule has 0 fully saturated rings. The van der Waals surface area contributed by atoms with Crippen LogP contribution in [0.25, 0.3) is 0 Å². The summed E-state index contributed by atoms with van der Waals surface area (Å²) in [5.74, 6) is -0.0249. The molecule has 0 saturated heterocycles. The number of nitrogens with one attached hydrogen (secondary N) is 2. The molecule has 32 heavy (non-hydrogen) atoms.